The Labute approximate surface area is 128 Å². The molecule has 1 N–H and O–H groups in total. The molecule has 0 aliphatic heterocycles. The molecule has 0 spiro atoms. The van der Waals surface area contributed by atoms with E-state index < -0.39 is 0 Å². The van der Waals surface area contributed by atoms with Gasteiger partial charge in [-0.2, -0.15) is 0 Å². The van der Waals surface area contributed by atoms with Crippen LogP contribution in [0.1, 0.15) is 40.8 Å². The first-order valence-electron chi connectivity index (χ1n) is 6.67. The largest absolute Gasteiger partial charge is 0.305 e. The second kappa shape index (κ2) is 6.69. The van der Waals surface area contributed by atoms with E-state index in [4.69, 9.17) is 0 Å². The van der Waals surface area contributed by atoms with Crippen molar-refractivity contribution < 1.29 is 0 Å². The molecule has 0 radical (unpaired) electrons. The molecule has 1 aromatic heterocycles. The van der Waals surface area contributed by atoms with Gasteiger partial charge in [0, 0.05) is 26.8 Å². The van der Waals surface area contributed by atoms with Crippen molar-refractivity contribution in [3.05, 3.63) is 55.7 Å². The number of hydrogen-bond donors (Lipinski definition) is 1. The van der Waals surface area contributed by atoms with Gasteiger partial charge in [0.15, 0.2) is 0 Å². The molecule has 0 bridgehead atoms. The lowest BCUT2D eigenvalue weighted by molar-refractivity contribution is 0.578. The van der Waals surface area contributed by atoms with Crippen LogP contribution in [-0.4, -0.2) is 0 Å². The van der Waals surface area contributed by atoms with E-state index in [0.29, 0.717) is 6.04 Å². The minimum absolute atomic E-state index is 0.382. The molecule has 0 saturated carbocycles. The summed E-state index contributed by atoms with van der Waals surface area (Å²) in [5.41, 5.74) is 2.75. The number of thiophene rings is 1. The molecule has 102 valence electrons. The zero-order valence-corrected chi connectivity index (χ0v) is 14.1. The van der Waals surface area contributed by atoms with E-state index in [0.717, 1.165) is 13.0 Å². The molecule has 0 aliphatic carbocycles. The summed E-state index contributed by atoms with van der Waals surface area (Å²) in [5.74, 6) is 0. The molecular formula is C16H20BrNS. The summed E-state index contributed by atoms with van der Waals surface area (Å²) >= 11 is 5.41. The second-order valence-corrected chi connectivity index (χ2v) is 7.01. The van der Waals surface area contributed by atoms with E-state index in [9.17, 15) is 0 Å². The molecule has 0 saturated heterocycles. The third-order valence-corrected chi connectivity index (χ3v) is 5.52. The van der Waals surface area contributed by atoms with Crippen LogP contribution < -0.4 is 5.32 Å². The molecule has 1 atom stereocenters. The van der Waals surface area contributed by atoms with Crippen molar-refractivity contribution >= 4 is 27.3 Å². The maximum atomic E-state index is 3.58. The Hall–Kier alpha value is -0.640. The van der Waals surface area contributed by atoms with Crippen molar-refractivity contribution in [3.63, 3.8) is 0 Å². The Morgan fingerprint density at radius 2 is 1.95 bits per heavy atom. The van der Waals surface area contributed by atoms with E-state index >= 15 is 0 Å². The van der Waals surface area contributed by atoms with Crippen LogP contribution >= 0.6 is 27.3 Å². The molecule has 1 heterocycles. The first kappa shape index (κ1) is 14.8. The van der Waals surface area contributed by atoms with E-state index in [1.54, 1.807) is 0 Å². The molecule has 2 aromatic rings. The van der Waals surface area contributed by atoms with Gasteiger partial charge in [0.25, 0.3) is 0 Å². The van der Waals surface area contributed by atoms with E-state index in [1.165, 1.54) is 25.4 Å². The Balaban J connectivity index is 1.94. The minimum atomic E-state index is 0.382. The summed E-state index contributed by atoms with van der Waals surface area (Å²) in [4.78, 5) is 2.72. The van der Waals surface area contributed by atoms with Gasteiger partial charge >= 0.3 is 0 Å². The van der Waals surface area contributed by atoms with Gasteiger partial charge in [-0.05, 0) is 53.4 Å². The van der Waals surface area contributed by atoms with Crippen LogP contribution in [0, 0.1) is 6.92 Å². The zero-order chi connectivity index (χ0) is 13.8. The van der Waals surface area contributed by atoms with Gasteiger partial charge in [-0.1, -0.05) is 31.2 Å². The number of aryl methyl sites for hydroxylation is 2. The van der Waals surface area contributed by atoms with Gasteiger partial charge in [-0.3, -0.25) is 0 Å². The monoisotopic (exact) mass is 337 g/mol. The highest BCUT2D eigenvalue weighted by Crippen LogP contribution is 2.26. The fraction of sp³-hybridized carbons (Fsp3) is 0.375. The lowest BCUT2D eigenvalue weighted by atomic mass is 10.1. The van der Waals surface area contributed by atoms with Gasteiger partial charge in [0.05, 0.1) is 0 Å². The molecule has 1 aromatic carbocycles. The predicted molar refractivity (Wildman–Crippen MR) is 87.8 cm³/mol. The average Bonchev–Trinajstić information content (AvgIpc) is 2.75. The predicted octanol–water partition coefficient (Wildman–Crippen LogP) is 5.23. The highest BCUT2D eigenvalue weighted by molar-refractivity contribution is 9.10. The van der Waals surface area contributed by atoms with Crippen molar-refractivity contribution in [2.75, 3.05) is 0 Å². The topological polar surface area (TPSA) is 12.0 Å². The van der Waals surface area contributed by atoms with Gasteiger partial charge in [-0.15, -0.1) is 11.3 Å². The van der Waals surface area contributed by atoms with Gasteiger partial charge in [0.2, 0.25) is 0 Å². The van der Waals surface area contributed by atoms with Crippen molar-refractivity contribution in [2.24, 2.45) is 0 Å². The van der Waals surface area contributed by atoms with Crippen LogP contribution in [0.2, 0.25) is 0 Å². The summed E-state index contributed by atoms with van der Waals surface area (Å²) in [5, 5.41) is 3.58. The van der Waals surface area contributed by atoms with Crippen LogP contribution in [0.25, 0.3) is 0 Å². The van der Waals surface area contributed by atoms with Crippen molar-refractivity contribution in [2.45, 2.75) is 39.8 Å². The summed E-state index contributed by atoms with van der Waals surface area (Å²) in [6, 6.07) is 11.5. The van der Waals surface area contributed by atoms with Crippen LogP contribution in [0.3, 0.4) is 0 Å². The SMILES string of the molecule is CCc1ccc(C(C)NCc2cc(Br)c(C)s2)cc1. The first-order valence-corrected chi connectivity index (χ1v) is 8.28. The Bertz CT molecular complexity index is 511. The standard InChI is InChI=1S/C16H20BrNS/c1-4-13-5-7-14(8-6-13)11(2)18-10-15-9-16(17)12(3)19-15/h5-9,11,18H,4,10H2,1-3H3. The third kappa shape index (κ3) is 3.91. The van der Waals surface area contributed by atoms with Crippen LogP contribution in [0.15, 0.2) is 34.8 Å². The Kier molecular flexibility index (Phi) is 5.20. The highest BCUT2D eigenvalue weighted by Gasteiger charge is 2.07. The molecule has 0 aliphatic rings. The van der Waals surface area contributed by atoms with Gasteiger partial charge in [0.1, 0.15) is 0 Å². The first-order chi connectivity index (χ1) is 9.10. The van der Waals surface area contributed by atoms with E-state index in [-0.39, 0.29) is 0 Å². The van der Waals surface area contributed by atoms with E-state index in [1.807, 2.05) is 11.3 Å². The smallest absolute Gasteiger partial charge is 0.0314 e. The fourth-order valence-corrected chi connectivity index (χ4v) is 3.57. The molecule has 3 heteroatoms. The zero-order valence-electron chi connectivity index (χ0n) is 11.7. The van der Waals surface area contributed by atoms with Gasteiger partial charge in [-0.25, -0.2) is 0 Å². The molecule has 0 fully saturated rings. The number of benzene rings is 1. The highest BCUT2D eigenvalue weighted by atomic mass is 79.9. The minimum Gasteiger partial charge on any atom is -0.305 e. The lowest BCUT2D eigenvalue weighted by Crippen LogP contribution is -2.17. The number of rotatable bonds is 5. The van der Waals surface area contributed by atoms with Crippen molar-refractivity contribution in [1.29, 1.82) is 0 Å². The molecule has 2 rings (SSSR count). The van der Waals surface area contributed by atoms with Crippen LogP contribution in [0.4, 0.5) is 0 Å². The molecule has 1 nitrogen and oxygen atoms in total. The summed E-state index contributed by atoms with van der Waals surface area (Å²) in [6.07, 6.45) is 1.10. The van der Waals surface area contributed by atoms with Crippen LogP contribution in [-0.2, 0) is 13.0 Å². The average molecular weight is 338 g/mol. The Morgan fingerprint density at radius 3 is 2.47 bits per heavy atom. The molecule has 19 heavy (non-hydrogen) atoms. The molecule has 1 unspecified atom stereocenters. The van der Waals surface area contributed by atoms with Crippen LogP contribution in [0.5, 0.6) is 0 Å². The fourth-order valence-electron chi connectivity index (χ4n) is 2.02. The third-order valence-electron chi connectivity index (χ3n) is 3.38. The summed E-state index contributed by atoms with van der Waals surface area (Å²) in [6.45, 7) is 7.48. The molecular weight excluding hydrogens is 318 g/mol. The second-order valence-electron chi connectivity index (χ2n) is 4.81. The van der Waals surface area contributed by atoms with Crippen molar-refractivity contribution in [1.82, 2.24) is 5.32 Å². The number of nitrogens with one attached hydrogen (secondary N) is 1. The maximum Gasteiger partial charge on any atom is 0.0314 e. The maximum absolute atomic E-state index is 3.58. The number of halogens is 1. The molecule has 0 amide bonds. The number of hydrogen-bond acceptors (Lipinski definition) is 2. The van der Waals surface area contributed by atoms with Crippen molar-refractivity contribution in [3.8, 4) is 0 Å². The van der Waals surface area contributed by atoms with Gasteiger partial charge < -0.3 is 5.32 Å². The normalized spacial score (nSPS) is 12.6. The summed E-state index contributed by atoms with van der Waals surface area (Å²) in [7, 11) is 0. The summed E-state index contributed by atoms with van der Waals surface area (Å²) < 4.78 is 1.22. The van der Waals surface area contributed by atoms with E-state index in [2.05, 4.69) is 72.3 Å². The quantitative estimate of drug-likeness (QED) is 0.787. The lowest BCUT2D eigenvalue weighted by Gasteiger charge is -2.14. The Morgan fingerprint density at radius 1 is 1.26 bits per heavy atom.